The normalized spacial score (nSPS) is 17.8. The van der Waals surface area contributed by atoms with Crippen molar-refractivity contribution in [3.63, 3.8) is 0 Å². The third-order valence-electron chi connectivity index (χ3n) is 3.83. The number of rotatable bonds is 3. The van der Waals surface area contributed by atoms with Crippen molar-refractivity contribution in [2.45, 2.75) is 20.1 Å². The van der Waals surface area contributed by atoms with Crippen molar-refractivity contribution in [2.24, 2.45) is 5.41 Å². The summed E-state index contributed by atoms with van der Waals surface area (Å²) in [7, 11) is 0. The monoisotopic (exact) mass is 304 g/mol. The van der Waals surface area contributed by atoms with E-state index in [1.807, 2.05) is 56.3 Å². The molecule has 0 bridgehead atoms. The lowest BCUT2D eigenvalue weighted by Gasteiger charge is -2.37. The van der Waals surface area contributed by atoms with Gasteiger partial charge in [-0.25, -0.2) is 0 Å². The zero-order valence-corrected chi connectivity index (χ0v) is 13.2. The third-order valence-corrected chi connectivity index (χ3v) is 3.83. The second-order valence-electron chi connectivity index (χ2n) is 5.34. The van der Waals surface area contributed by atoms with Crippen LogP contribution < -0.4 is 0 Å². The highest BCUT2D eigenvalue weighted by atomic mass is 16.7. The Balaban J connectivity index is 0.000000847. The molecule has 1 aliphatic rings. The first-order chi connectivity index (χ1) is 10.8. The molecule has 0 unspecified atom stereocenters. The van der Waals surface area contributed by atoms with Crippen LogP contribution in [-0.2, 0) is 9.47 Å². The average molecular weight is 304 g/mol. The summed E-state index contributed by atoms with van der Waals surface area (Å²) in [4.78, 5) is 0. The molecule has 1 aliphatic heterocycles. The first-order valence-electron chi connectivity index (χ1n) is 7.71. The molecule has 2 aromatic carbocycles. The van der Waals surface area contributed by atoms with Gasteiger partial charge in [0, 0.05) is 5.56 Å². The Morgan fingerprint density at radius 2 is 1.55 bits per heavy atom. The zero-order valence-electron chi connectivity index (χ0n) is 13.2. The molecule has 3 rings (SSSR count). The van der Waals surface area contributed by atoms with Gasteiger partial charge in [0.25, 0.3) is 0 Å². The summed E-state index contributed by atoms with van der Waals surface area (Å²) in [5.74, 6) is 0. The molecule has 22 heavy (non-hydrogen) atoms. The van der Waals surface area contributed by atoms with Gasteiger partial charge in [0.05, 0.1) is 31.8 Å². The quantitative estimate of drug-likeness (QED) is 0.915. The van der Waals surface area contributed by atoms with E-state index in [2.05, 4.69) is 0 Å². The lowest BCUT2D eigenvalue weighted by molar-refractivity contribution is -0.247. The lowest BCUT2D eigenvalue weighted by atomic mass is 9.91. The van der Waals surface area contributed by atoms with Crippen molar-refractivity contribution in [3.8, 4) is 0 Å². The van der Waals surface area contributed by atoms with Gasteiger partial charge < -0.3 is 19.7 Å². The van der Waals surface area contributed by atoms with Gasteiger partial charge in [-0.05, 0) is 10.8 Å². The summed E-state index contributed by atoms with van der Waals surface area (Å²) in [5, 5.41) is 20.9. The molecular weight excluding hydrogens is 280 g/mol. The number of benzene rings is 2. The number of aliphatic hydroxyl groups is 2. The van der Waals surface area contributed by atoms with Crippen molar-refractivity contribution in [1.82, 2.24) is 0 Å². The Hall–Kier alpha value is -1.46. The Morgan fingerprint density at radius 3 is 2.18 bits per heavy atom. The molecule has 0 amide bonds. The van der Waals surface area contributed by atoms with E-state index in [1.54, 1.807) is 0 Å². The minimum absolute atomic E-state index is 0.147. The molecule has 0 spiro atoms. The summed E-state index contributed by atoms with van der Waals surface area (Å²) in [6.45, 7) is 4.28. The Kier molecular flexibility index (Phi) is 5.91. The van der Waals surface area contributed by atoms with E-state index >= 15 is 0 Å². The third kappa shape index (κ3) is 3.31. The fourth-order valence-electron chi connectivity index (χ4n) is 2.46. The Morgan fingerprint density at radius 1 is 0.955 bits per heavy atom. The molecule has 2 N–H and O–H groups in total. The number of aliphatic hydroxyl groups excluding tert-OH is 2. The van der Waals surface area contributed by atoms with Gasteiger partial charge in [-0.15, -0.1) is 0 Å². The largest absolute Gasteiger partial charge is 0.396 e. The molecule has 1 fully saturated rings. The molecule has 120 valence electrons. The van der Waals surface area contributed by atoms with E-state index in [0.29, 0.717) is 0 Å². The van der Waals surface area contributed by atoms with Crippen LogP contribution in [0.2, 0.25) is 0 Å². The van der Waals surface area contributed by atoms with Crippen LogP contribution in [0.5, 0.6) is 0 Å². The molecule has 0 radical (unpaired) electrons. The maximum absolute atomic E-state index is 9.35. The summed E-state index contributed by atoms with van der Waals surface area (Å²) >= 11 is 0. The summed E-state index contributed by atoms with van der Waals surface area (Å²) in [5.41, 5.74) is 0.286. The molecule has 0 aromatic heterocycles. The first kappa shape index (κ1) is 16.9. The van der Waals surface area contributed by atoms with E-state index in [4.69, 9.17) is 9.47 Å². The molecule has 2 aromatic rings. The lowest BCUT2D eigenvalue weighted by Crippen LogP contribution is -2.44. The fraction of sp³-hybridized carbons (Fsp3) is 0.444. The van der Waals surface area contributed by atoms with Gasteiger partial charge in [-0.3, -0.25) is 0 Å². The minimum atomic E-state index is -0.693. The molecule has 0 saturated carbocycles. The van der Waals surface area contributed by atoms with Gasteiger partial charge in [0.1, 0.15) is 0 Å². The van der Waals surface area contributed by atoms with Gasteiger partial charge >= 0.3 is 0 Å². The van der Waals surface area contributed by atoms with Crippen LogP contribution in [0, 0.1) is 5.41 Å². The van der Waals surface area contributed by atoms with Crippen LogP contribution >= 0.6 is 0 Å². The number of fused-ring (bicyclic) bond motifs is 1. The van der Waals surface area contributed by atoms with E-state index < -0.39 is 11.7 Å². The van der Waals surface area contributed by atoms with Gasteiger partial charge in [-0.2, -0.15) is 0 Å². The van der Waals surface area contributed by atoms with Crippen LogP contribution in [0.15, 0.2) is 42.5 Å². The average Bonchev–Trinajstić information content (AvgIpc) is 2.63. The van der Waals surface area contributed by atoms with Crippen LogP contribution in [0.25, 0.3) is 10.8 Å². The van der Waals surface area contributed by atoms with E-state index in [9.17, 15) is 10.2 Å². The number of hydrogen-bond acceptors (Lipinski definition) is 4. The van der Waals surface area contributed by atoms with Crippen molar-refractivity contribution in [2.75, 3.05) is 26.4 Å². The Bertz CT molecular complexity index is 577. The zero-order chi connectivity index (χ0) is 16.0. The van der Waals surface area contributed by atoms with Crippen LogP contribution in [-0.4, -0.2) is 36.6 Å². The molecule has 0 aliphatic carbocycles. The van der Waals surface area contributed by atoms with Gasteiger partial charge in [0.15, 0.2) is 6.29 Å². The molecular formula is C18H24O4. The van der Waals surface area contributed by atoms with E-state index in [0.717, 1.165) is 16.3 Å². The van der Waals surface area contributed by atoms with Crippen molar-refractivity contribution < 1.29 is 19.7 Å². The Labute approximate surface area is 131 Å². The second-order valence-corrected chi connectivity index (χ2v) is 5.34. The molecule has 1 saturated heterocycles. The number of hydrogen-bond donors (Lipinski definition) is 2. The van der Waals surface area contributed by atoms with Crippen molar-refractivity contribution >= 4 is 10.8 Å². The van der Waals surface area contributed by atoms with Gasteiger partial charge in [-0.1, -0.05) is 56.3 Å². The second kappa shape index (κ2) is 7.70. The maximum atomic E-state index is 9.35. The fourth-order valence-corrected chi connectivity index (χ4v) is 2.46. The van der Waals surface area contributed by atoms with Crippen LogP contribution in [0.1, 0.15) is 25.7 Å². The topological polar surface area (TPSA) is 58.9 Å². The summed E-state index contributed by atoms with van der Waals surface area (Å²) in [6, 6.07) is 14.1. The van der Waals surface area contributed by atoms with Crippen molar-refractivity contribution in [1.29, 1.82) is 0 Å². The molecule has 1 heterocycles. The molecule has 4 heteroatoms. The van der Waals surface area contributed by atoms with E-state index in [1.165, 1.54) is 0 Å². The predicted octanol–water partition coefficient (Wildman–Crippen LogP) is 2.88. The van der Waals surface area contributed by atoms with Crippen molar-refractivity contribution in [3.05, 3.63) is 48.0 Å². The summed E-state index contributed by atoms with van der Waals surface area (Å²) < 4.78 is 11.5. The predicted molar refractivity (Wildman–Crippen MR) is 86.5 cm³/mol. The highest BCUT2D eigenvalue weighted by Crippen LogP contribution is 2.34. The first-order valence-corrected chi connectivity index (χ1v) is 7.71. The standard InChI is InChI=1S/C16H18O4.C2H6/c17-8-16(9-18)10-19-15(20-11-16)14-7-3-5-12-4-1-2-6-13(12)14;1-2/h1-7,15,17-18H,8-11H2;1-2H3. The molecule has 0 atom stereocenters. The molecule has 4 nitrogen and oxygen atoms in total. The smallest absolute Gasteiger partial charge is 0.184 e. The minimum Gasteiger partial charge on any atom is -0.396 e. The highest BCUT2D eigenvalue weighted by molar-refractivity contribution is 5.85. The van der Waals surface area contributed by atoms with Crippen LogP contribution in [0.4, 0.5) is 0 Å². The maximum Gasteiger partial charge on any atom is 0.184 e. The van der Waals surface area contributed by atoms with Gasteiger partial charge in [0.2, 0.25) is 0 Å². The number of ether oxygens (including phenoxy) is 2. The van der Waals surface area contributed by atoms with E-state index in [-0.39, 0.29) is 26.4 Å². The summed E-state index contributed by atoms with van der Waals surface area (Å²) in [6.07, 6.45) is -0.452. The SMILES string of the molecule is CC.OCC1(CO)COC(c2cccc3ccccc23)OC1. The highest BCUT2D eigenvalue weighted by Gasteiger charge is 2.37. The van der Waals surface area contributed by atoms with Crippen LogP contribution in [0.3, 0.4) is 0 Å².